The molecule has 344 valence electrons. The van der Waals surface area contributed by atoms with Crippen molar-refractivity contribution in [3.63, 3.8) is 0 Å². The average Bonchev–Trinajstić information content (AvgIpc) is 3.91. The van der Waals surface area contributed by atoms with Gasteiger partial charge in [0.1, 0.15) is 0 Å². The number of fused-ring (bicyclic) bond motifs is 8. The molecule has 61 heavy (non-hydrogen) atoms. The van der Waals surface area contributed by atoms with Crippen molar-refractivity contribution < 1.29 is 9.47 Å². The van der Waals surface area contributed by atoms with Crippen LogP contribution in [0.1, 0.15) is 238 Å². The van der Waals surface area contributed by atoms with Crippen LogP contribution in [-0.4, -0.2) is 47.4 Å². The highest BCUT2D eigenvalue weighted by Gasteiger charge is 2.63. The van der Waals surface area contributed by atoms with Gasteiger partial charge in [0.25, 0.3) is 0 Å². The molecule has 3 nitrogen and oxygen atoms in total. The Balaban J connectivity index is 0.773. The minimum Gasteiger partial charge on any atom is -0.374 e. The second-order valence-corrected chi connectivity index (χ2v) is 25.9. The lowest BCUT2D eigenvalue weighted by molar-refractivity contribution is -0.134. The van der Waals surface area contributed by atoms with Crippen LogP contribution in [0.3, 0.4) is 0 Å². The lowest BCUT2D eigenvalue weighted by atomic mass is 9.58. The van der Waals surface area contributed by atoms with Crippen molar-refractivity contribution in [2.45, 2.75) is 280 Å². The van der Waals surface area contributed by atoms with E-state index in [9.17, 15) is 0 Å². The van der Waals surface area contributed by atoms with E-state index in [-0.39, 0.29) is 0 Å². The molecule has 0 radical (unpaired) electrons. The molecule has 12 rings (SSSR count). The van der Waals surface area contributed by atoms with Gasteiger partial charge in [-0.1, -0.05) is 96.3 Å². The van der Waals surface area contributed by atoms with Crippen LogP contribution in [0, 0.1) is 82.9 Å². The molecule has 0 spiro atoms. The number of ether oxygens (including phenoxy) is 2. The van der Waals surface area contributed by atoms with E-state index in [1.54, 1.807) is 103 Å². The minimum atomic E-state index is 0.505. The fourth-order valence-electron chi connectivity index (χ4n) is 20.5. The van der Waals surface area contributed by atoms with Crippen LogP contribution in [0.25, 0.3) is 0 Å². The second kappa shape index (κ2) is 18.9. The summed E-state index contributed by atoms with van der Waals surface area (Å²) in [5, 5.41) is 0. The molecule has 11 unspecified atom stereocenters. The summed E-state index contributed by atoms with van der Waals surface area (Å²) < 4.78 is 15.0. The highest BCUT2D eigenvalue weighted by atomic mass is 16.5. The molecule has 0 aromatic carbocycles. The fraction of sp³-hybridized carbons (Fsp3) is 1.00. The zero-order valence-electron chi connectivity index (χ0n) is 39.6. The molecule has 12 fully saturated rings. The standard InChI is InChI=1S/C58H95NO2/c1-3-11-38(12-4-1)40-19-23-42(24-20-40)44-27-31-47(32-28-44)59(48-33-29-45(30-34-48)43-25-21-41(22-26-43)39-13-5-2-6-14-39)56-49-16-8-7-15-46(49)37-52-50-35-36-54-55(57(50)61-58(52)56)51-17-9-10-18-53(51)60-54/h38-58H,1-37H2. The Hall–Kier alpha value is -0.120. The Bertz CT molecular complexity index is 1330. The molecular weight excluding hydrogens is 743 g/mol. The van der Waals surface area contributed by atoms with Gasteiger partial charge in [0.05, 0.1) is 24.4 Å². The monoisotopic (exact) mass is 838 g/mol. The van der Waals surface area contributed by atoms with Crippen molar-refractivity contribution in [2.75, 3.05) is 0 Å². The molecule has 12 aliphatic rings. The molecule has 3 heteroatoms. The molecule has 2 heterocycles. The van der Waals surface area contributed by atoms with Gasteiger partial charge in [-0.05, 0) is 218 Å². The van der Waals surface area contributed by atoms with Crippen molar-refractivity contribution >= 4 is 0 Å². The third-order valence-corrected chi connectivity index (χ3v) is 23.5. The molecule has 0 aromatic heterocycles. The van der Waals surface area contributed by atoms with Crippen LogP contribution in [0.5, 0.6) is 0 Å². The number of hydrogen-bond donors (Lipinski definition) is 0. The molecule has 10 saturated carbocycles. The van der Waals surface area contributed by atoms with Gasteiger partial charge in [-0.15, -0.1) is 0 Å². The van der Waals surface area contributed by atoms with Crippen LogP contribution in [0.4, 0.5) is 0 Å². The molecule has 0 N–H and O–H groups in total. The van der Waals surface area contributed by atoms with Crippen molar-refractivity contribution in [3.05, 3.63) is 0 Å². The quantitative estimate of drug-likeness (QED) is 0.255. The first kappa shape index (κ1) is 42.2. The van der Waals surface area contributed by atoms with Gasteiger partial charge in [-0.25, -0.2) is 0 Å². The SMILES string of the molecule is C1CCC(C2CCC(C3CCC(N(C4CCC(C5CCC(C6CCCCC6)CC5)CC4)C4C5CCCCC5CC5C6CCC7OC8CCCCC8C7C6OC54)CC3)CC2)CC1. The second-order valence-electron chi connectivity index (χ2n) is 25.9. The molecule has 0 amide bonds. The van der Waals surface area contributed by atoms with Gasteiger partial charge in [0.15, 0.2) is 0 Å². The summed E-state index contributed by atoms with van der Waals surface area (Å²) in [6, 6.07) is 2.35. The third kappa shape index (κ3) is 8.36. The van der Waals surface area contributed by atoms with Crippen LogP contribution in [-0.2, 0) is 9.47 Å². The summed E-state index contributed by atoms with van der Waals surface area (Å²) in [4.78, 5) is 3.45. The Kier molecular flexibility index (Phi) is 13.1. The molecule has 10 aliphatic carbocycles. The highest BCUT2D eigenvalue weighted by molar-refractivity contribution is 5.13. The summed E-state index contributed by atoms with van der Waals surface area (Å²) >= 11 is 0. The number of rotatable bonds is 7. The predicted molar refractivity (Wildman–Crippen MR) is 250 cm³/mol. The van der Waals surface area contributed by atoms with E-state index in [0.29, 0.717) is 36.4 Å². The highest BCUT2D eigenvalue weighted by Crippen LogP contribution is 2.61. The number of nitrogens with zero attached hydrogens (tertiary/aromatic N) is 1. The van der Waals surface area contributed by atoms with E-state index in [4.69, 9.17) is 9.47 Å². The molecule has 0 bridgehead atoms. The predicted octanol–water partition coefficient (Wildman–Crippen LogP) is 15.1. The zero-order valence-corrected chi connectivity index (χ0v) is 39.6. The maximum absolute atomic E-state index is 7.99. The molecule has 11 atom stereocenters. The summed E-state index contributed by atoms with van der Waals surface area (Å²) in [7, 11) is 0. The fourth-order valence-corrected chi connectivity index (χ4v) is 20.5. The van der Waals surface area contributed by atoms with Crippen molar-refractivity contribution in [3.8, 4) is 0 Å². The van der Waals surface area contributed by atoms with Crippen LogP contribution < -0.4 is 0 Å². The van der Waals surface area contributed by atoms with E-state index >= 15 is 0 Å². The Morgan fingerprint density at radius 2 is 0.689 bits per heavy atom. The zero-order chi connectivity index (χ0) is 40.3. The lowest BCUT2D eigenvalue weighted by Crippen LogP contribution is -2.63. The van der Waals surface area contributed by atoms with E-state index in [2.05, 4.69) is 4.90 Å². The molecular formula is C58H95NO2. The van der Waals surface area contributed by atoms with Crippen LogP contribution in [0.2, 0.25) is 0 Å². The van der Waals surface area contributed by atoms with Gasteiger partial charge >= 0.3 is 0 Å². The normalized spacial score (nSPS) is 51.2. The first-order valence-corrected chi connectivity index (χ1v) is 29.3. The molecule has 2 saturated heterocycles. The van der Waals surface area contributed by atoms with Crippen molar-refractivity contribution in [1.82, 2.24) is 4.90 Å². The third-order valence-electron chi connectivity index (χ3n) is 23.5. The Morgan fingerprint density at radius 3 is 1.23 bits per heavy atom. The number of hydrogen-bond acceptors (Lipinski definition) is 3. The Morgan fingerprint density at radius 1 is 0.262 bits per heavy atom. The summed E-state index contributed by atoms with van der Waals surface area (Å²) in [5.41, 5.74) is 0. The van der Waals surface area contributed by atoms with Crippen molar-refractivity contribution in [2.24, 2.45) is 82.9 Å². The van der Waals surface area contributed by atoms with Crippen LogP contribution >= 0.6 is 0 Å². The van der Waals surface area contributed by atoms with E-state index < -0.39 is 0 Å². The molecule has 2 aliphatic heterocycles. The van der Waals surface area contributed by atoms with Crippen LogP contribution in [0.15, 0.2) is 0 Å². The van der Waals surface area contributed by atoms with Gasteiger partial charge in [-0.2, -0.15) is 0 Å². The van der Waals surface area contributed by atoms with Crippen molar-refractivity contribution in [1.29, 1.82) is 0 Å². The first-order valence-electron chi connectivity index (χ1n) is 29.3. The van der Waals surface area contributed by atoms with E-state index in [0.717, 1.165) is 89.0 Å². The topological polar surface area (TPSA) is 21.7 Å². The van der Waals surface area contributed by atoms with Gasteiger partial charge in [0, 0.05) is 24.0 Å². The van der Waals surface area contributed by atoms with E-state index in [1.165, 1.54) is 135 Å². The Labute approximate surface area is 375 Å². The largest absolute Gasteiger partial charge is 0.374 e. The minimum absolute atomic E-state index is 0.505. The maximum Gasteiger partial charge on any atom is 0.0769 e. The average molecular weight is 838 g/mol. The molecule has 0 aromatic rings. The van der Waals surface area contributed by atoms with E-state index in [1.807, 2.05) is 0 Å². The summed E-state index contributed by atoms with van der Waals surface area (Å²) in [6.45, 7) is 0. The smallest absolute Gasteiger partial charge is 0.0769 e. The maximum atomic E-state index is 7.99. The first-order chi connectivity index (χ1) is 30.2. The lowest BCUT2D eigenvalue weighted by Gasteiger charge is -2.57. The van der Waals surface area contributed by atoms with Gasteiger partial charge < -0.3 is 9.47 Å². The van der Waals surface area contributed by atoms with Gasteiger partial charge in [-0.3, -0.25) is 4.90 Å². The summed E-state index contributed by atoms with van der Waals surface area (Å²) in [5.74, 6) is 13.5. The van der Waals surface area contributed by atoms with Gasteiger partial charge in [0.2, 0.25) is 0 Å². The summed E-state index contributed by atoms with van der Waals surface area (Å²) in [6.07, 6.45) is 58.2.